The Labute approximate surface area is 186 Å². The molecule has 138 valence electrons. The topological polar surface area (TPSA) is 0 Å². The van der Waals surface area contributed by atoms with Gasteiger partial charge < -0.3 is 0 Å². The predicted octanol–water partition coefficient (Wildman–Crippen LogP) is 8.07. The van der Waals surface area contributed by atoms with Crippen molar-refractivity contribution in [1.82, 2.24) is 0 Å². The zero-order chi connectivity index (χ0) is 19.7. The lowest BCUT2D eigenvalue weighted by Crippen LogP contribution is -2.32. The summed E-state index contributed by atoms with van der Waals surface area (Å²) in [6, 6.07) is 18.6. The molecule has 0 bridgehead atoms. The first-order valence-corrected chi connectivity index (χ1v) is 14.8. The fourth-order valence-electron chi connectivity index (χ4n) is 5.34. The first-order chi connectivity index (χ1) is 13.9. The summed E-state index contributed by atoms with van der Waals surface area (Å²) in [5.74, 6) is 0. The fourth-order valence-corrected chi connectivity index (χ4v) is 9.43. The maximum absolute atomic E-state index is 6.60. The van der Waals surface area contributed by atoms with Crippen molar-refractivity contribution in [1.29, 1.82) is 0 Å². The van der Waals surface area contributed by atoms with Crippen LogP contribution in [0.25, 0.3) is 64.6 Å². The van der Waals surface area contributed by atoms with Gasteiger partial charge in [0, 0.05) is 10.1 Å². The summed E-state index contributed by atoms with van der Waals surface area (Å²) in [5.41, 5.74) is 0. The highest BCUT2D eigenvalue weighted by Gasteiger charge is 2.35. The molecule has 0 atom stereocenters. The summed E-state index contributed by atoms with van der Waals surface area (Å²) < 4.78 is 0. The SMILES string of the molecule is Sc1c([Si](Cl)(Cl)Cl)c2ccc3ccc4ccc5ccc6ccc1c1c6c5c4c3c21. The van der Waals surface area contributed by atoms with Crippen LogP contribution >= 0.6 is 45.9 Å². The lowest BCUT2D eigenvalue weighted by Gasteiger charge is -2.24. The van der Waals surface area contributed by atoms with Crippen molar-refractivity contribution in [2.45, 2.75) is 4.90 Å². The Morgan fingerprint density at radius 1 is 0.483 bits per heavy atom. The van der Waals surface area contributed by atoms with Crippen LogP contribution in [0.4, 0.5) is 0 Å². The van der Waals surface area contributed by atoms with Crippen molar-refractivity contribution in [3.05, 3.63) is 60.7 Å². The van der Waals surface area contributed by atoms with E-state index >= 15 is 0 Å². The number of halogens is 3. The summed E-state index contributed by atoms with van der Waals surface area (Å²) in [5, 5.41) is 15.4. The maximum Gasteiger partial charge on any atom is 0.374 e. The molecule has 29 heavy (non-hydrogen) atoms. The van der Waals surface area contributed by atoms with Gasteiger partial charge in [0.15, 0.2) is 0 Å². The highest BCUT2D eigenvalue weighted by atomic mass is 35.8. The molecule has 0 N–H and O–H groups in total. The number of benzene rings is 7. The normalized spacial score (nSPS) is 13.5. The van der Waals surface area contributed by atoms with Crippen molar-refractivity contribution < 1.29 is 0 Å². The van der Waals surface area contributed by atoms with Gasteiger partial charge in [-0.05, 0) is 64.6 Å². The van der Waals surface area contributed by atoms with E-state index in [0.29, 0.717) is 0 Å². The molecule has 7 aromatic rings. The van der Waals surface area contributed by atoms with Gasteiger partial charge in [-0.15, -0.1) is 45.9 Å². The van der Waals surface area contributed by atoms with E-state index in [1.807, 2.05) is 0 Å². The molecule has 0 aliphatic heterocycles. The lowest BCUT2D eigenvalue weighted by molar-refractivity contribution is 1.68. The van der Waals surface area contributed by atoms with Gasteiger partial charge in [-0.1, -0.05) is 60.7 Å². The minimum absolute atomic E-state index is 0.790. The van der Waals surface area contributed by atoms with Gasteiger partial charge in [0.2, 0.25) is 0 Å². The third-order valence-electron chi connectivity index (χ3n) is 6.42. The molecule has 0 unspecified atom stereocenters. The van der Waals surface area contributed by atoms with Crippen molar-refractivity contribution in [3.8, 4) is 0 Å². The van der Waals surface area contributed by atoms with E-state index in [0.717, 1.165) is 20.9 Å². The Bertz CT molecular complexity index is 1740. The summed E-state index contributed by atoms with van der Waals surface area (Å²) in [6.45, 7) is 0. The zero-order valence-electron chi connectivity index (χ0n) is 14.9. The molecule has 7 aromatic carbocycles. The average Bonchev–Trinajstić information content (AvgIpc) is 2.71. The van der Waals surface area contributed by atoms with E-state index in [1.165, 1.54) is 53.9 Å². The maximum atomic E-state index is 6.60. The molecule has 0 nitrogen and oxygen atoms in total. The molecule has 7 rings (SSSR count). The van der Waals surface area contributed by atoms with Crippen molar-refractivity contribution in [2.75, 3.05) is 0 Å². The molecule has 0 spiro atoms. The largest absolute Gasteiger partial charge is 0.374 e. The van der Waals surface area contributed by atoms with Gasteiger partial charge in [-0.2, -0.15) is 0 Å². The van der Waals surface area contributed by atoms with E-state index in [4.69, 9.17) is 45.9 Å². The Morgan fingerprint density at radius 2 is 0.828 bits per heavy atom. The molecule has 0 aliphatic rings. The number of thiol groups is 1. The first-order valence-electron chi connectivity index (χ1n) is 9.34. The van der Waals surface area contributed by atoms with Crippen LogP contribution in [0.2, 0.25) is 0 Å². The molecule has 0 aromatic heterocycles. The highest BCUT2D eigenvalue weighted by Crippen LogP contribution is 2.49. The van der Waals surface area contributed by atoms with E-state index in [1.54, 1.807) is 0 Å². The van der Waals surface area contributed by atoms with Gasteiger partial charge >= 0.3 is 6.00 Å². The summed E-state index contributed by atoms with van der Waals surface area (Å²) in [4.78, 5) is 0.795. The molecule has 0 saturated heterocycles. The van der Waals surface area contributed by atoms with Gasteiger partial charge in [0.25, 0.3) is 0 Å². The molecule has 0 aliphatic carbocycles. The second-order valence-electron chi connectivity index (χ2n) is 7.79. The molecule has 0 saturated carbocycles. The molecule has 0 fully saturated rings. The van der Waals surface area contributed by atoms with E-state index < -0.39 is 6.00 Å². The zero-order valence-corrected chi connectivity index (χ0v) is 19.0. The molecule has 0 heterocycles. The van der Waals surface area contributed by atoms with Crippen LogP contribution in [-0.4, -0.2) is 6.00 Å². The van der Waals surface area contributed by atoms with Crippen molar-refractivity contribution in [3.63, 3.8) is 0 Å². The third-order valence-corrected chi connectivity index (χ3v) is 9.89. The molecular formula is C24H11Cl3SSi. The molecule has 5 heteroatoms. The number of rotatable bonds is 1. The van der Waals surface area contributed by atoms with Crippen LogP contribution in [-0.2, 0) is 0 Å². The third kappa shape index (κ3) is 1.95. The summed E-state index contributed by atoms with van der Waals surface area (Å²) >= 11 is 24.7. The summed E-state index contributed by atoms with van der Waals surface area (Å²) in [7, 11) is 0. The summed E-state index contributed by atoms with van der Waals surface area (Å²) in [6.07, 6.45) is 0. The highest BCUT2D eigenvalue weighted by molar-refractivity contribution is 7.81. The van der Waals surface area contributed by atoms with E-state index in [9.17, 15) is 0 Å². The Hall–Kier alpha value is -1.68. The monoisotopic (exact) mass is 464 g/mol. The van der Waals surface area contributed by atoms with Crippen molar-refractivity contribution in [2.24, 2.45) is 0 Å². The van der Waals surface area contributed by atoms with Crippen LogP contribution in [0.1, 0.15) is 0 Å². The van der Waals surface area contributed by atoms with Gasteiger partial charge in [-0.3, -0.25) is 0 Å². The van der Waals surface area contributed by atoms with Crippen molar-refractivity contribution >= 4 is 122 Å². The second-order valence-corrected chi connectivity index (χ2v) is 16.6. The fraction of sp³-hybridized carbons (Fsp3) is 0. The number of hydrogen-bond acceptors (Lipinski definition) is 1. The second kappa shape index (κ2) is 5.32. The Morgan fingerprint density at radius 3 is 1.28 bits per heavy atom. The van der Waals surface area contributed by atoms with Crippen LogP contribution in [0.5, 0.6) is 0 Å². The standard InChI is InChI=1S/C24H11Cl3SSi/c25-29(26,27)24-16-10-8-14-6-4-12-2-1-11-3-5-13-7-9-15(23(24)28)21-19(13)17(11)18(12)20(14)22(16)21/h1-10,28H. The quantitative estimate of drug-likeness (QED) is 0.0818. The van der Waals surface area contributed by atoms with E-state index in [2.05, 4.69) is 60.7 Å². The van der Waals surface area contributed by atoms with Gasteiger partial charge in [-0.25, -0.2) is 0 Å². The minimum atomic E-state index is -3.18. The predicted molar refractivity (Wildman–Crippen MR) is 135 cm³/mol. The number of hydrogen-bond donors (Lipinski definition) is 1. The van der Waals surface area contributed by atoms with Gasteiger partial charge in [0.05, 0.1) is 0 Å². The smallest absolute Gasteiger partial charge is 0.143 e. The van der Waals surface area contributed by atoms with E-state index in [-0.39, 0.29) is 0 Å². The average molecular weight is 466 g/mol. The van der Waals surface area contributed by atoms with Crippen LogP contribution in [0.3, 0.4) is 0 Å². The first kappa shape index (κ1) is 17.0. The molecular weight excluding hydrogens is 455 g/mol. The lowest BCUT2D eigenvalue weighted by atomic mass is 9.83. The van der Waals surface area contributed by atoms with Crippen LogP contribution in [0.15, 0.2) is 65.6 Å². The Kier molecular flexibility index (Phi) is 3.13. The molecule has 0 amide bonds. The van der Waals surface area contributed by atoms with Crippen LogP contribution < -0.4 is 5.19 Å². The molecule has 0 radical (unpaired) electrons. The van der Waals surface area contributed by atoms with Crippen LogP contribution in [0, 0.1) is 0 Å². The Balaban J connectivity index is 2.01. The van der Waals surface area contributed by atoms with Gasteiger partial charge in [0.1, 0.15) is 0 Å². The minimum Gasteiger partial charge on any atom is -0.143 e.